The third-order valence-corrected chi connectivity index (χ3v) is 5.98. The lowest BCUT2D eigenvalue weighted by atomic mass is 10.00. The molecular weight excluding hydrogens is 356 g/mol. The van der Waals surface area contributed by atoms with Crippen LogP contribution in [0.2, 0.25) is 5.15 Å². The van der Waals surface area contributed by atoms with Gasteiger partial charge in [0.15, 0.2) is 0 Å². The lowest BCUT2D eigenvalue weighted by Crippen LogP contribution is -2.39. The van der Waals surface area contributed by atoms with Crippen LogP contribution in [0.1, 0.15) is 12.8 Å². The number of halogens is 2. The second-order valence-corrected chi connectivity index (χ2v) is 7.65. The zero-order valence-corrected chi connectivity index (χ0v) is 13.2. The van der Waals surface area contributed by atoms with E-state index >= 15 is 0 Å². The molecule has 0 aliphatic carbocycles. The first-order valence-electron chi connectivity index (χ1n) is 5.87. The van der Waals surface area contributed by atoms with E-state index in [-0.39, 0.29) is 22.6 Å². The van der Waals surface area contributed by atoms with Gasteiger partial charge in [-0.1, -0.05) is 11.6 Å². The molecule has 19 heavy (non-hydrogen) atoms. The number of rotatable bonds is 3. The van der Waals surface area contributed by atoms with Crippen molar-refractivity contribution in [3.63, 3.8) is 0 Å². The fourth-order valence-electron chi connectivity index (χ4n) is 2.06. The van der Waals surface area contributed by atoms with Gasteiger partial charge >= 0.3 is 0 Å². The third kappa shape index (κ3) is 3.28. The third-order valence-electron chi connectivity index (χ3n) is 3.22. The average molecular weight is 370 g/mol. The van der Waals surface area contributed by atoms with Crippen LogP contribution in [0.5, 0.6) is 0 Å². The number of aliphatic hydroxyl groups is 1. The maximum Gasteiger partial charge on any atom is 0.246 e. The van der Waals surface area contributed by atoms with Crippen molar-refractivity contribution in [3.05, 3.63) is 21.9 Å². The summed E-state index contributed by atoms with van der Waals surface area (Å²) in [5.74, 6) is 0.183. The molecule has 106 valence electrons. The number of nitrogens with zero attached hydrogens (tertiary/aromatic N) is 2. The Bertz CT molecular complexity index is 559. The van der Waals surface area contributed by atoms with Crippen LogP contribution in [-0.2, 0) is 10.0 Å². The molecule has 1 aliphatic rings. The lowest BCUT2D eigenvalue weighted by molar-refractivity contribution is 0.170. The van der Waals surface area contributed by atoms with Crippen LogP contribution in [0.3, 0.4) is 0 Å². The van der Waals surface area contributed by atoms with Crippen molar-refractivity contribution in [1.29, 1.82) is 0 Å². The van der Waals surface area contributed by atoms with Crippen LogP contribution in [0, 0.1) is 5.92 Å². The molecule has 1 N–H and O–H groups in total. The molecule has 0 saturated carbocycles. The topological polar surface area (TPSA) is 70.5 Å². The number of pyridine rings is 1. The summed E-state index contributed by atoms with van der Waals surface area (Å²) in [7, 11) is -3.62. The van der Waals surface area contributed by atoms with Gasteiger partial charge in [0.1, 0.15) is 10.0 Å². The van der Waals surface area contributed by atoms with Crippen molar-refractivity contribution in [3.8, 4) is 0 Å². The Morgan fingerprint density at radius 1 is 1.47 bits per heavy atom. The molecule has 0 atom stereocenters. The maximum absolute atomic E-state index is 12.5. The fraction of sp³-hybridized carbons (Fsp3) is 0.545. The average Bonchev–Trinajstić information content (AvgIpc) is 2.41. The van der Waals surface area contributed by atoms with E-state index in [4.69, 9.17) is 16.7 Å². The van der Waals surface area contributed by atoms with Gasteiger partial charge in [0.05, 0.1) is 0 Å². The highest BCUT2D eigenvalue weighted by Gasteiger charge is 2.31. The van der Waals surface area contributed by atoms with Gasteiger partial charge in [-0.25, -0.2) is 13.4 Å². The molecule has 8 heteroatoms. The number of sulfonamides is 1. The van der Waals surface area contributed by atoms with Crippen molar-refractivity contribution < 1.29 is 13.5 Å². The summed E-state index contributed by atoms with van der Waals surface area (Å²) >= 11 is 9.07. The Morgan fingerprint density at radius 2 is 2.11 bits per heavy atom. The molecule has 1 saturated heterocycles. The Labute approximate surface area is 125 Å². The van der Waals surface area contributed by atoms with E-state index in [9.17, 15) is 8.42 Å². The standard InChI is InChI=1S/C11H14BrClN2O3S/c12-9-5-10(11(13)14-6-9)19(17,18)15-3-1-8(7-16)2-4-15/h5-6,8,16H,1-4,7H2. The minimum Gasteiger partial charge on any atom is -0.396 e. The zero-order chi connectivity index (χ0) is 14.0. The van der Waals surface area contributed by atoms with Crippen LogP contribution in [-0.4, -0.2) is 42.5 Å². The maximum atomic E-state index is 12.5. The van der Waals surface area contributed by atoms with Crippen molar-refractivity contribution in [2.24, 2.45) is 5.92 Å². The van der Waals surface area contributed by atoms with E-state index in [1.165, 1.54) is 16.6 Å². The van der Waals surface area contributed by atoms with Gasteiger partial charge in [0.25, 0.3) is 0 Å². The van der Waals surface area contributed by atoms with E-state index in [0.29, 0.717) is 30.4 Å². The molecule has 2 heterocycles. The van der Waals surface area contributed by atoms with Gasteiger partial charge in [0, 0.05) is 30.4 Å². The summed E-state index contributed by atoms with van der Waals surface area (Å²) in [5, 5.41) is 9.05. The summed E-state index contributed by atoms with van der Waals surface area (Å²) in [6, 6.07) is 1.46. The predicted octanol–water partition coefficient (Wildman–Crippen LogP) is 1.89. The summed E-state index contributed by atoms with van der Waals surface area (Å²) < 4.78 is 26.9. The van der Waals surface area contributed by atoms with Gasteiger partial charge in [-0.2, -0.15) is 4.31 Å². The summed E-state index contributed by atoms with van der Waals surface area (Å²) in [6.07, 6.45) is 2.78. The summed E-state index contributed by atoms with van der Waals surface area (Å²) in [5.41, 5.74) is 0. The molecule has 1 aromatic heterocycles. The number of aliphatic hydroxyl groups excluding tert-OH is 1. The SMILES string of the molecule is O=S(=O)(c1cc(Br)cnc1Cl)N1CCC(CO)CC1. The molecule has 5 nitrogen and oxygen atoms in total. The van der Waals surface area contributed by atoms with Crippen LogP contribution in [0.25, 0.3) is 0 Å². The quantitative estimate of drug-likeness (QED) is 0.826. The first-order valence-corrected chi connectivity index (χ1v) is 8.48. The molecule has 2 rings (SSSR count). The van der Waals surface area contributed by atoms with Gasteiger partial charge in [-0.3, -0.25) is 0 Å². The minimum atomic E-state index is -3.62. The second kappa shape index (κ2) is 6.05. The van der Waals surface area contributed by atoms with E-state index in [1.807, 2.05) is 0 Å². The molecule has 0 amide bonds. The number of piperidine rings is 1. The van der Waals surface area contributed by atoms with Crippen molar-refractivity contribution in [2.45, 2.75) is 17.7 Å². The normalized spacial score (nSPS) is 18.7. The fourth-order valence-corrected chi connectivity index (χ4v) is 4.45. The highest BCUT2D eigenvalue weighted by Crippen LogP contribution is 2.28. The monoisotopic (exact) mass is 368 g/mol. The molecule has 1 aromatic rings. The molecule has 0 aromatic carbocycles. The molecule has 0 unspecified atom stereocenters. The van der Waals surface area contributed by atoms with E-state index in [1.54, 1.807) is 0 Å². The number of aromatic nitrogens is 1. The van der Waals surface area contributed by atoms with Crippen LogP contribution >= 0.6 is 27.5 Å². The molecule has 0 radical (unpaired) electrons. The zero-order valence-electron chi connectivity index (χ0n) is 10.1. The molecule has 0 bridgehead atoms. The second-order valence-electron chi connectivity index (χ2n) is 4.47. The van der Waals surface area contributed by atoms with Gasteiger partial charge in [-0.15, -0.1) is 0 Å². The van der Waals surface area contributed by atoms with Crippen molar-refractivity contribution >= 4 is 37.6 Å². The van der Waals surface area contributed by atoms with E-state index < -0.39 is 10.0 Å². The smallest absolute Gasteiger partial charge is 0.246 e. The molecule has 1 aliphatic heterocycles. The minimum absolute atomic E-state index is 0.0194. The Kier molecular flexibility index (Phi) is 4.84. The number of hydrogen-bond donors (Lipinski definition) is 1. The van der Waals surface area contributed by atoms with E-state index in [0.717, 1.165) is 0 Å². The van der Waals surface area contributed by atoms with Gasteiger partial charge < -0.3 is 5.11 Å². The van der Waals surface area contributed by atoms with Crippen LogP contribution in [0.4, 0.5) is 0 Å². The summed E-state index contributed by atoms with van der Waals surface area (Å²) in [4.78, 5) is 3.86. The molecule has 0 spiro atoms. The highest BCUT2D eigenvalue weighted by molar-refractivity contribution is 9.10. The van der Waals surface area contributed by atoms with Gasteiger partial charge in [-0.05, 0) is 40.8 Å². The predicted molar refractivity (Wildman–Crippen MR) is 75.5 cm³/mol. The Morgan fingerprint density at radius 3 is 2.68 bits per heavy atom. The number of hydrogen-bond acceptors (Lipinski definition) is 4. The van der Waals surface area contributed by atoms with Crippen LogP contribution in [0.15, 0.2) is 21.6 Å². The molecule has 1 fully saturated rings. The van der Waals surface area contributed by atoms with Gasteiger partial charge in [0.2, 0.25) is 10.0 Å². The van der Waals surface area contributed by atoms with E-state index in [2.05, 4.69) is 20.9 Å². The lowest BCUT2D eigenvalue weighted by Gasteiger charge is -2.30. The molecular formula is C11H14BrClN2O3S. The first-order chi connectivity index (χ1) is 8.95. The van der Waals surface area contributed by atoms with Crippen molar-refractivity contribution in [2.75, 3.05) is 19.7 Å². The summed E-state index contributed by atoms with van der Waals surface area (Å²) in [6.45, 7) is 0.903. The largest absolute Gasteiger partial charge is 0.396 e. The van der Waals surface area contributed by atoms with Crippen LogP contribution < -0.4 is 0 Å². The highest BCUT2D eigenvalue weighted by atomic mass is 79.9. The Hall–Kier alpha value is -0.210. The Balaban J connectivity index is 2.26. The van der Waals surface area contributed by atoms with Crippen molar-refractivity contribution in [1.82, 2.24) is 9.29 Å². The first kappa shape index (κ1) is 15.2.